The fourth-order valence-electron chi connectivity index (χ4n) is 3.61. The fourth-order valence-corrected chi connectivity index (χ4v) is 3.61. The highest BCUT2D eigenvalue weighted by Gasteiger charge is 2.30. The summed E-state index contributed by atoms with van der Waals surface area (Å²) < 4.78 is 5.87. The first-order chi connectivity index (χ1) is 13.2. The molecule has 0 spiro atoms. The first kappa shape index (κ1) is 19.6. The predicted molar refractivity (Wildman–Crippen MR) is 108 cm³/mol. The van der Waals surface area contributed by atoms with Crippen LogP contribution in [0, 0.1) is 0 Å². The van der Waals surface area contributed by atoms with E-state index in [0.717, 1.165) is 32.4 Å². The number of amides is 1. The van der Waals surface area contributed by atoms with Crippen molar-refractivity contribution in [1.82, 2.24) is 10.2 Å². The van der Waals surface area contributed by atoms with Crippen LogP contribution in [0.2, 0.25) is 0 Å². The number of rotatable bonds is 9. The Hall–Kier alpha value is -2.17. The number of nitrogens with one attached hydrogen (secondary N) is 1. The average Bonchev–Trinajstić information content (AvgIpc) is 3.17. The van der Waals surface area contributed by atoms with Crippen molar-refractivity contribution >= 4 is 5.91 Å². The summed E-state index contributed by atoms with van der Waals surface area (Å²) in [6, 6.07) is 20.6. The molecule has 144 valence electrons. The molecule has 27 heavy (non-hydrogen) atoms. The average molecular weight is 367 g/mol. The van der Waals surface area contributed by atoms with Gasteiger partial charge in [0.05, 0.1) is 12.1 Å². The second-order valence-corrected chi connectivity index (χ2v) is 7.18. The van der Waals surface area contributed by atoms with Gasteiger partial charge in [-0.2, -0.15) is 0 Å². The Morgan fingerprint density at radius 1 is 1.15 bits per heavy atom. The van der Waals surface area contributed by atoms with Gasteiger partial charge in [-0.3, -0.25) is 9.69 Å². The van der Waals surface area contributed by atoms with Gasteiger partial charge in [-0.15, -0.1) is 0 Å². The number of hydrogen-bond donors (Lipinski definition) is 1. The van der Waals surface area contributed by atoms with E-state index in [9.17, 15) is 4.79 Å². The summed E-state index contributed by atoms with van der Waals surface area (Å²) in [5, 5.41) is 3.09. The van der Waals surface area contributed by atoms with Gasteiger partial charge in [0.2, 0.25) is 5.91 Å². The van der Waals surface area contributed by atoms with E-state index in [2.05, 4.69) is 53.5 Å². The van der Waals surface area contributed by atoms with E-state index >= 15 is 0 Å². The van der Waals surface area contributed by atoms with Crippen molar-refractivity contribution in [2.75, 3.05) is 19.7 Å². The van der Waals surface area contributed by atoms with Crippen molar-refractivity contribution in [2.24, 2.45) is 0 Å². The molecule has 0 aromatic heterocycles. The van der Waals surface area contributed by atoms with Crippen molar-refractivity contribution in [3.63, 3.8) is 0 Å². The van der Waals surface area contributed by atoms with Gasteiger partial charge in [0.15, 0.2) is 0 Å². The van der Waals surface area contributed by atoms with Crippen molar-refractivity contribution in [3.05, 3.63) is 71.8 Å². The summed E-state index contributed by atoms with van der Waals surface area (Å²) in [6.07, 6.45) is 2.94. The van der Waals surface area contributed by atoms with Crippen LogP contribution in [-0.4, -0.2) is 36.5 Å². The minimum Gasteiger partial charge on any atom is -0.374 e. The van der Waals surface area contributed by atoms with Gasteiger partial charge in [0.25, 0.3) is 0 Å². The summed E-state index contributed by atoms with van der Waals surface area (Å²) in [5.41, 5.74) is 2.45. The molecule has 1 N–H and O–H groups in total. The van der Waals surface area contributed by atoms with Gasteiger partial charge >= 0.3 is 0 Å². The third kappa shape index (κ3) is 5.91. The standard InChI is InChI=1S/C23H30N2O2/c1-19(21-12-6-3-7-13-21)27-17-9-15-24-23(26)22-14-8-16-25(22)18-20-10-4-2-5-11-20/h2-7,10-13,19,22H,8-9,14-18H2,1H3,(H,24,26). The molecular weight excluding hydrogens is 336 g/mol. The molecule has 2 unspecified atom stereocenters. The summed E-state index contributed by atoms with van der Waals surface area (Å²) in [6.45, 7) is 5.21. The van der Waals surface area contributed by atoms with Gasteiger partial charge in [-0.1, -0.05) is 60.7 Å². The lowest BCUT2D eigenvalue weighted by Crippen LogP contribution is -2.43. The molecule has 0 radical (unpaired) electrons. The second kappa shape index (κ2) is 10.2. The maximum Gasteiger partial charge on any atom is 0.237 e. The van der Waals surface area contributed by atoms with Crippen LogP contribution in [0.4, 0.5) is 0 Å². The number of likely N-dealkylation sites (tertiary alicyclic amines) is 1. The van der Waals surface area contributed by atoms with Gasteiger partial charge in [-0.25, -0.2) is 0 Å². The third-order valence-corrected chi connectivity index (χ3v) is 5.15. The number of nitrogens with zero attached hydrogens (tertiary/aromatic N) is 1. The van der Waals surface area contributed by atoms with E-state index < -0.39 is 0 Å². The Bertz CT molecular complexity index is 690. The van der Waals surface area contributed by atoms with Crippen LogP contribution in [0.15, 0.2) is 60.7 Å². The van der Waals surface area contributed by atoms with Crippen LogP contribution in [0.3, 0.4) is 0 Å². The Kier molecular flexibility index (Phi) is 7.43. The summed E-state index contributed by atoms with van der Waals surface area (Å²) in [4.78, 5) is 14.9. The largest absolute Gasteiger partial charge is 0.374 e. The number of carbonyl (C=O) groups excluding carboxylic acids is 1. The molecule has 1 saturated heterocycles. The normalized spacial score (nSPS) is 18.3. The molecule has 2 aromatic rings. The molecule has 0 saturated carbocycles. The lowest BCUT2D eigenvalue weighted by molar-refractivity contribution is -0.125. The Labute approximate surface area is 162 Å². The van der Waals surface area contributed by atoms with Gasteiger partial charge < -0.3 is 10.1 Å². The Balaban J connectivity index is 1.36. The zero-order chi connectivity index (χ0) is 18.9. The van der Waals surface area contributed by atoms with Crippen molar-refractivity contribution < 1.29 is 9.53 Å². The van der Waals surface area contributed by atoms with Crippen molar-refractivity contribution in [2.45, 2.75) is 44.9 Å². The van der Waals surface area contributed by atoms with Gasteiger partial charge in [0.1, 0.15) is 0 Å². The number of benzene rings is 2. The molecule has 4 nitrogen and oxygen atoms in total. The molecule has 2 aromatic carbocycles. The van der Waals surface area contributed by atoms with Crippen LogP contribution in [0.5, 0.6) is 0 Å². The Morgan fingerprint density at radius 3 is 2.59 bits per heavy atom. The highest BCUT2D eigenvalue weighted by Crippen LogP contribution is 2.20. The molecule has 2 atom stereocenters. The summed E-state index contributed by atoms with van der Waals surface area (Å²) >= 11 is 0. The number of ether oxygens (including phenoxy) is 1. The fraction of sp³-hybridized carbons (Fsp3) is 0.435. The zero-order valence-corrected chi connectivity index (χ0v) is 16.1. The summed E-state index contributed by atoms with van der Waals surface area (Å²) in [7, 11) is 0. The highest BCUT2D eigenvalue weighted by atomic mass is 16.5. The Morgan fingerprint density at radius 2 is 1.85 bits per heavy atom. The molecule has 1 aliphatic heterocycles. The maximum absolute atomic E-state index is 12.6. The summed E-state index contributed by atoms with van der Waals surface area (Å²) in [5.74, 6) is 0.152. The van der Waals surface area contributed by atoms with Crippen LogP contribution in [-0.2, 0) is 16.1 Å². The first-order valence-corrected chi connectivity index (χ1v) is 9.96. The predicted octanol–water partition coefficient (Wildman–Crippen LogP) is 3.94. The van der Waals surface area contributed by atoms with E-state index in [-0.39, 0.29) is 18.1 Å². The molecule has 3 rings (SSSR count). The lowest BCUT2D eigenvalue weighted by atomic mass is 10.1. The van der Waals surface area contributed by atoms with E-state index in [0.29, 0.717) is 13.2 Å². The van der Waals surface area contributed by atoms with E-state index in [1.807, 2.05) is 24.3 Å². The molecule has 4 heteroatoms. The minimum absolute atomic E-state index is 0.00522. The van der Waals surface area contributed by atoms with E-state index in [1.165, 1.54) is 11.1 Å². The van der Waals surface area contributed by atoms with Crippen LogP contribution >= 0.6 is 0 Å². The zero-order valence-electron chi connectivity index (χ0n) is 16.1. The van der Waals surface area contributed by atoms with Crippen LogP contribution < -0.4 is 5.32 Å². The van der Waals surface area contributed by atoms with E-state index in [1.54, 1.807) is 0 Å². The van der Waals surface area contributed by atoms with Crippen molar-refractivity contribution in [3.8, 4) is 0 Å². The topological polar surface area (TPSA) is 41.6 Å². The molecule has 0 bridgehead atoms. The van der Waals surface area contributed by atoms with Gasteiger partial charge in [-0.05, 0) is 43.9 Å². The highest BCUT2D eigenvalue weighted by molar-refractivity contribution is 5.82. The number of carbonyl (C=O) groups is 1. The second-order valence-electron chi connectivity index (χ2n) is 7.18. The SMILES string of the molecule is CC(OCCCNC(=O)C1CCCN1Cc1ccccc1)c1ccccc1. The molecule has 1 aliphatic rings. The van der Waals surface area contributed by atoms with E-state index in [4.69, 9.17) is 4.74 Å². The van der Waals surface area contributed by atoms with Crippen LogP contribution in [0.25, 0.3) is 0 Å². The third-order valence-electron chi connectivity index (χ3n) is 5.15. The smallest absolute Gasteiger partial charge is 0.237 e. The minimum atomic E-state index is -0.00522. The van der Waals surface area contributed by atoms with Crippen LogP contribution in [0.1, 0.15) is 43.4 Å². The first-order valence-electron chi connectivity index (χ1n) is 9.96. The van der Waals surface area contributed by atoms with Crippen molar-refractivity contribution in [1.29, 1.82) is 0 Å². The molecule has 1 heterocycles. The molecular formula is C23H30N2O2. The lowest BCUT2D eigenvalue weighted by Gasteiger charge is -2.23. The molecule has 0 aliphatic carbocycles. The maximum atomic E-state index is 12.6. The molecule has 1 amide bonds. The monoisotopic (exact) mass is 366 g/mol. The molecule has 1 fully saturated rings. The number of hydrogen-bond acceptors (Lipinski definition) is 3. The quantitative estimate of drug-likeness (QED) is 0.684. The van der Waals surface area contributed by atoms with Gasteiger partial charge in [0, 0.05) is 19.7 Å².